The van der Waals surface area contributed by atoms with E-state index in [0.29, 0.717) is 0 Å². The molecule has 0 unspecified atom stereocenters. The number of fused-ring (bicyclic) bond motifs is 2. The highest BCUT2D eigenvalue weighted by Crippen LogP contribution is 2.36. The van der Waals surface area contributed by atoms with Crippen molar-refractivity contribution < 1.29 is 0 Å². The van der Waals surface area contributed by atoms with Gasteiger partial charge in [0.25, 0.3) is 0 Å². The number of aryl methyl sites for hydroxylation is 3. The van der Waals surface area contributed by atoms with Crippen LogP contribution in [0.15, 0.2) is 54.6 Å². The Morgan fingerprint density at radius 2 is 1.45 bits per heavy atom. The topological polar surface area (TPSA) is 36.7 Å². The van der Waals surface area contributed by atoms with Gasteiger partial charge in [-0.3, -0.25) is 0 Å². The van der Waals surface area contributed by atoms with Gasteiger partial charge in [-0.15, -0.1) is 0 Å². The molecule has 0 amide bonds. The molecule has 0 bridgehead atoms. The van der Waals surface area contributed by atoms with Crippen LogP contribution in [0.5, 0.6) is 0 Å². The predicted octanol–water partition coefficient (Wildman–Crippen LogP) is 5.22. The van der Waals surface area contributed by atoms with Gasteiger partial charge in [0.05, 0.1) is 5.69 Å². The van der Waals surface area contributed by atoms with Crippen LogP contribution >= 0.6 is 0 Å². The summed E-state index contributed by atoms with van der Waals surface area (Å²) in [6, 6.07) is 19.3. The molecule has 0 saturated carbocycles. The summed E-state index contributed by atoms with van der Waals surface area (Å²) in [5.41, 5.74) is 9.84. The van der Waals surface area contributed by atoms with Crippen molar-refractivity contribution >= 4 is 17.2 Å². The molecule has 1 aliphatic heterocycles. The van der Waals surface area contributed by atoms with E-state index in [1.54, 1.807) is 0 Å². The van der Waals surface area contributed by atoms with Crippen LogP contribution in [0, 0.1) is 13.8 Å². The molecule has 0 atom stereocenters. The van der Waals surface area contributed by atoms with Crippen LogP contribution in [0.4, 0.5) is 11.5 Å². The number of aromatic nitrogens is 3. The summed E-state index contributed by atoms with van der Waals surface area (Å²) in [6.45, 7) is 8.38. The lowest BCUT2D eigenvalue weighted by molar-refractivity contribution is 0.614. The first-order chi connectivity index (χ1) is 16.2. The summed E-state index contributed by atoms with van der Waals surface area (Å²) in [5.74, 6) is 1.28. The minimum atomic E-state index is 0.999. The van der Waals surface area contributed by atoms with Crippen LogP contribution in [-0.4, -0.2) is 40.8 Å². The third-order valence-electron chi connectivity index (χ3n) is 7.28. The highest BCUT2D eigenvalue weighted by atomic mass is 15.4. The van der Waals surface area contributed by atoms with Crippen LogP contribution in [-0.2, 0) is 12.8 Å². The number of anilines is 2. The van der Waals surface area contributed by atoms with Gasteiger partial charge in [-0.1, -0.05) is 48.5 Å². The molecule has 1 aliphatic carbocycles. The van der Waals surface area contributed by atoms with Gasteiger partial charge in [-0.25, -0.2) is 4.98 Å². The van der Waals surface area contributed by atoms with Crippen molar-refractivity contribution in [2.24, 2.45) is 0 Å². The van der Waals surface area contributed by atoms with E-state index in [2.05, 4.69) is 82.8 Å². The predicted molar refractivity (Wildman–Crippen MR) is 135 cm³/mol. The average Bonchev–Trinajstić information content (AvgIpc) is 3.18. The smallest absolute Gasteiger partial charge is 0.165 e. The van der Waals surface area contributed by atoms with Crippen LogP contribution in [0.3, 0.4) is 0 Å². The zero-order valence-corrected chi connectivity index (χ0v) is 19.6. The Kier molecular flexibility index (Phi) is 5.05. The Bertz CT molecular complexity index is 1300. The van der Waals surface area contributed by atoms with Gasteiger partial charge in [0, 0.05) is 48.7 Å². The second kappa shape index (κ2) is 8.22. The molecule has 2 aliphatic rings. The molecule has 0 spiro atoms. The first-order valence-electron chi connectivity index (χ1n) is 12.2. The van der Waals surface area contributed by atoms with E-state index >= 15 is 0 Å². The SMILES string of the molecule is Cc1ccccc1N1CCN(c2c3c(nc4c(-c5ccccc5)c(C)nn24)CCCC3)CC1. The van der Waals surface area contributed by atoms with E-state index in [9.17, 15) is 0 Å². The summed E-state index contributed by atoms with van der Waals surface area (Å²) in [6.07, 6.45) is 4.64. The van der Waals surface area contributed by atoms with Crippen LogP contribution in [0.25, 0.3) is 16.8 Å². The molecule has 0 N–H and O–H groups in total. The number of rotatable bonds is 3. The van der Waals surface area contributed by atoms with Crippen molar-refractivity contribution in [1.82, 2.24) is 14.6 Å². The number of hydrogen-bond acceptors (Lipinski definition) is 4. The number of hydrogen-bond donors (Lipinski definition) is 0. The number of piperazine rings is 1. The zero-order chi connectivity index (χ0) is 22.4. The average molecular weight is 438 g/mol. The summed E-state index contributed by atoms with van der Waals surface area (Å²) in [7, 11) is 0. The minimum absolute atomic E-state index is 0.999. The molecule has 0 radical (unpaired) electrons. The fourth-order valence-corrected chi connectivity index (χ4v) is 5.62. The molecule has 2 aromatic heterocycles. The third-order valence-corrected chi connectivity index (χ3v) is 7.28. The minimum Gasteiger partial charge on any atom is -0.368 e. The van der Waals surface area contributed by atoms with E-state index < -0.39 is 0 Å². The first-order valence-corrected chi connectivity index (χ1v) is 12.2. The molecule has 3 heterocycles. The first kappa shape index (κ1) is 20.3. The maximum absolute atomic E-state index is 5.21. The summed E-state index contributed by atoms with van der Waals surface area (Å²) < 4.78 is 2.16. The van der Waals surface area contributed by atoms with Crippen molar-refractivity contribution in [3.8, 4) is 11.1 Å². The van der Waals surface area contributed by atoms with E-state index in [4.69, 9.17) is 10.1 Å². The fraction of sp³-hybridized carbons (Fsp3) is 0.357. The molecule has 6 rings (SSSR count). The standard InChI is InChI=1S/C28H31N5/c1-20-10-6-9-15-25(20)31-16-18-32(19-17-31)28-23-13-7-8-14-24(23)29-27-26(21(2)30-33(27)28)22-11-4-3-5-12-22/h3-6,9-12,15H,7-8,13-14,16-19H2,1-2H3. The monoisotopic (exact) mass is 437 g/mol. The number of para-hydroxylation sites is 1. The Hall–Kier alpha value is -3.34. The quantitative estimate of drug-likeness (QED) is 0.440. The largest absolute Gasteiger partial charge is 0.368 e. The molecule has 5 nitrogen and oxygen atoms in total. The highest BCUT2D eigenvalue weighted by molar-refractivity contribution is 5.81. The van der Waals surface area contributed by atoms with E-state index in [-0.39, 0.29) is 0 Å². The summed E-state index contributed by atoms with van der Waals surface area (Å²) >= 11 is 0. The lowest BCUT2D eigenvalue weighted by Crippen LogP contribution is -2.48. The third kappa shape index (κ3) is 3.47. The number of nitrogens with zero attached hydrogens (tertiary/aromatic N) is 5. The zero-order valence-electron chi connectivity index (χ0n) is 19.6. The molecule has 5 heteroatoms. The van der Waals surface area contributed by atoms with Crippen LogP contribution in [0.2, 0.25) is 0 Å². The van der Waals surface area contributed by atoms with Gasteiger partial charge in [0.2, 0.25) is 0 Å². The molecular formula is C28H31N5. The van der Waals surface area contributed by atoms with Crippen LogP contribution in [0.1, 0.15) is 35.4 Å². The Morgan fingerprint density at radius 1 is 0.758 bits per heavy atom. The van der Waals surface area contributed by atoms with Gasteiger partial charge in [-0.2, -0.15) is 9.61 Å². The fourth-order valence-electron chi connectivity index (χ4n) is 5.62. The van der Waals surface area contributed by atoms with Crippen molar-refractivity contribution in [2.75, 3.05) is 36.0 Å². The normalized spacial score (nSPS) is 16.3. The van der Waals surface area contributed by atoms with E-state index in [1.165, 1.54) is 52.3 Å². The second-order valence-corrected chi connectivity index (χ2v) is 9.39. The van der Waals surface area contributed by atoms with Crippen molar-refractivity contribution in [1.29, 1.82) is 0 Å². The van der Waals surface area contributed by atoms with Crippen molar-refractivity contribution in [3.05, 3.63) is 77.1 Å². The maximum Gasteiger partial charge on any atom is 0.165 e. The lowest BCUT2D eigenvalue weighted by atomic mass is 9.95. The van der Waals surface area contributed by atoms with Gasteiger partial charge < -0.3 is 9.80 Å². The second-order valence-electron chi connectivity index (χ2n) is 9.39. The van der Waals surface area contributed by atoms with E-state index in [1.807, 2.05) is 0 Å². The molecule has 4 aromatic rings. The Labute approximate surface area is 195 Å². The Morgan fingerprint density at radius 3 is 2.24 bits per heavy atom. The van der Waals surface area contributed by atoms with Gasteiger partial charge in [0.1, 0.15) is 5.82 Å². The molecule has 1 saturated heterocycles. The molecule has 168 valence electrons. The summed E-state index contributed by atoms with van der Waals surface area (Å²) in [4.78, 5) is 10.3. The highest BCUT2D eigenvalue weighted by Gasteiger charge is 2.28. The van der Waals surface area contributed by atoms with Gasteiger partial charge in [0.15, 0.2) is 5.65 Å². The lowest BCUT2D eigenvalue weighted by Gasteiger charge is -2.39. The Balaban J connectivity index is 1.43. The van der Waals surface area contributed by atoms with Crippen molar-refractivity contribution in [3.63, 3.8) is 0 Å². The maximum atomic E-state index is 5.21. The van der Waals surface area contributed by atoms with Gasteiger partial charge in [-0.05, 0) is 56.7 Å². The molecule has 2 aromatic carbocycles. The van der Waals surface area contributed by atoms with Gasteiger partial charge >= 0.3 is 0 Å². The molecule has 1 fully saturated rings. The van der Waals surface area contributed by atoms with E-state index in [0.717, 1.165) is 50.4 Å². The number of benzene rings is 2. The van der Waals surface area contributed by atoms with Crippen molar-refractivity contribution in [2.45, 2.75) is 39.5 Å². The summed E-state index contributed by atoms with van der Waals surface area (Å²) in [5, 5.41) is 5.06. The van der Waals surface area contributed by atoms with Crippen LogP contribution < -0.4 is 9.80 Å². The molecular weight excluding hydrogens is 406 g/mol. The molecule has 33 heavy (non-hydrogen) atoms.